The van der Waals surface area contributed by atoms with Crippen molar-refractivity contribution in [3.63, 3.8) is 0 Å². The molecular formula is C18H22N2O6. The summed E-state index contributed by atoms with van der Waals surface area (Å²) >= 11 is 0. The van der Waals surface area contributed by atoms with Crippen LogP contribution >= 0.6 is 0 Å². The van der Waals surface area contributed by atoms with E-state index in [0.29, 0.717) is 6.42 Å². The molecule has 1 N–H and O–H groups in total. The number of carbonyl (C=O) groups is 3. The Balaban J connectivity index is 2.47. The van der Waals surface area contributed by atoms with E-state index in [1.54, 1.807) is 31.2 Å². The van der Waals surface area contributed by atoms with Gasteiger partial charge in [-0.1, -0.05) is 32.4 Å². The maximum atomic E-state index is 11.9. The molecule has 0 aliphatic rings. The molecule has 2 atom stereocenters. The van der Waals surface area contributed by atoms with E-state index in [4.69, 9.17) is 14.7 Å². The molecule has 1 amide bonds. The largest absolute Gasteiger partial charge is 0.481 e. The molecule has 0 aliphatic heterocycles. The van der Waals surface area contributed by atoms with Crippen molar-refractivity contribution in [3.8, 4) is 11.8 Å². The highest BCUT2D eigenvalue weighted by Crippen LogP contribution is 2.16. The average Bonchev–Trinajstić information content (AvgIpc) is 2.67. The van der Waals surface area contributed by atoms with Crippen molar-refractivity contribution in [2.45, 2.75) is 26.3 Å². The molecule has 1 aromatic carbocycles. The Morgan fingerprint density at radius 3 is 2.54 bits per heavy atom. The number of carbonyl (C=O) groups excluding carboxylic acids is 3. The first kappa shape index (κ1) is 21.0. The standard InChI is InChI=1S/C18H22N2O6/c1-4-12(2)17(18(23)24-3)20-15(21)10-26-16(22)11-25-14-8-6-5-7-13(14)9-19/h5-8,12,17H,4,10-11H2,1-3H3,(H,20,21)/t12-,17-/m1/s1. The number of hydrogen-bond donors (Lipinski definition) is 1. The van der Waals surface area contributed by atoms with Crippen molar-refractivity contribution in [1.82, 2.24) is 5.32 Å². The van der Waals surface area contributed by atoms with Gasteiger partial charge >= 0.3 is 11.9 Å². The normalized spacial score (nSPS) is 12.2. The van der Waals surface area contributed by atoms with E-state index in [1.807, 2.05) is 13.0 Å². The van der Waals surface area contributed by atoms with Crippen LogP contribution in [-0.4, -0.2) is 44.2 Å². The summed E-state index contributed by atoms with van der Waals surface area (Å²) in [4.78, 5) is 35.3. The van der Waals surface area contributed by atoms with Gasteiger partial charge in [-0.15, -0.1) is 0 Å². The van der Waals surface area contributed by atoms with Crippen LogP contribution in [0.2, 0.25) is 0 Å². The lowest BCUT2D eigenvalue weighted by atomic mass is 9.99. The first-order valence-electron chi connectivity index (χ1n) is 8.07. The van der Waals surface area contributed by atoms with Gasteiger partial charge in [0.05, 0.1) is 12.7 Å². The highest BCUT2D eigenvalue weighted by Gasteiger charge is 2.26. The summed E-state index contributed by atoms with van der Waals surface area (Å²) in [5.74, 6) is -1.83. The molecule has 0 heterocycles. The first-order chi connectivity index (χ1) is 12.4. The number of nitrogens with zero attached hydrogens (tertiary/aromatic N) is 1. The summed E-state index contributed by atoms with van der Waals surface area (Å²) < 4.78 is 14.7. The number of hydrogen-bond acceptors (Lipinski definition) is 7. The van der Waals surface area contributed by atoms with Crippen LogP contribution in [0.4, 0.5) is 0 Å². The van der Waals surface area contributed by atoms with Crippen LogP contribution in [0.1, 0.15) is 25.8 Å². The molecule has 0 bridgehead atoms. The smallest absolute Gasteiger partial charge is 0.344 e. The van der Waals surface area contributed by atoms with Gasteiger partial charge < -0.3 is 19.5 Å². The number of benzene rings is 1. The molecule has 0 radical (unpaired) electrons. The first-order valence-corrected chi connectivity index (χ1v) is 8.07. The molecule has 0 aliphatic carbocycles. The van der Waals surface area contributed by atoms with Gasteiger partial charge in [-0.2, -0.15) is 5.26 Å². The minimum absolute atomic E-state index is 0.132. The molecule has 26 heavy (non-hydrogen) atoms. The van der Waals surface area contributed by atoms with Crippen LogP contribution in [-0.2, 0) is 23.9 Å². The molecule has 0 unspecified atom stereocenters. The third kappa shape index (κ3) is 6.43. The fourth-order valence-corrected chi connectivity index (χ4v) is 2.02. The van der Waals surface area contributed by atoms with Crippen molar-refractivity contribution in [2.75, 3.05) is 20.3 Å². The second kappa shape index (κ2) is 10.7. The Kier molecular flexibility index (Phi) is 8.64. The Hall–Kier alpha value is -3.08. The molecule has 0 spiro atoms. The summed E-state index contributed by atoms with van der Waals surface area (Å²) in [7, 11) is 1.24. The lowest BCUT2D eigenvalue weighted by molar-refractivity contribution is -0.152. The zero-order valence-corrected chi connectivity index (χ0v) is 15.0. The zero-order chi connectivity index (χ0) is 19.5. The van der Waals surface area contributed by atoms with Gasteiger partial charge in [0.1, 0.15) is 17.9 Å². The number of ether oxygens (including phenoxy) is 3. The predicted molar refractivity (Wildman–Crippen MR) is 91.0 cm³/mol. The fraction of sp³-hybridized carbons (Fsp3) is 0.444. The van der Waals surface area contributed by atoms with E-state index < -0.39 is 37.1 Å². The van der Waals surface area contributed by atoms with Crippen LogP contribution in [0, 0.1) is 17.2 Å². The molecule has 1 rings (SSSR count). The minimum atomic E-state index is -0.810. The van der Waals surface area contributed by atoms with Crippen molar-refractivity contribution in [1.29, 1.82) is 5.26 Å². The lowest BCUT2D eigenvalue weighted by Crippen LogP contribution is -2.47. The molecule has 1 aromatic rings. The van der Waals surface area contributed by atoms with Gasteiger partial charge in [0.25, 0.3) is 5.91 Å². The SMILES string of the molecule is CC[C@@H](C)[C@@H](NC(=O)COC(=O)COc1ccccc1C#N)C(=O)OC. The number of esters is 2. The fourth-order valence-electron chi connectivity index (χ4n) is 2.02. The van der Waals surface area contributed by atoms with E-state index in [-0.39, 0.29) is 17.2 Å². The van der Waals surface area contributed by atoms with Crippen molar-refractivity contribution < 1.29 is 28.6 Å². The van der Waals surface area contributed by atoms with Gasteiger partial charge in [0.2, 0.25) is 0 Å². The molecule has 0 saturated heterocycles. The van der Waals surface area contributed by atoms with Gasteiger partial charge in [-0.3, -0.25) is 4.79 Å². The topological polar surface area (TPSA) is 115 Å². The second-order valence-electron chi connectivity index (χ2n) is 5.51. The third-order valence-corrected chi connectivity index (χ3v) is 3.70. The molecule has 0 aromatic heterocycles. The summed E-state index contributed by atoms with van der Waals surface area (Å²) in [5, 5.41) is 11.4. The molecule has 8 heteroatoms. The van der Waals surface area contributed by atoms with Crippen LogP contribution in [0.25, 0.3) is 0 Å². The summed E-state index contributed by atoms with van der Waals surface area (Å²) in [6, 6.07) is 7.56. The quantitative estimate of drug-likeness (QED) is 0.656. The summed E-state index contributed by atoms with van der Waals surface area (Å²) in [5.41, 5.74) is 0.285. The second-order valence-corrected chi connectivity index (χ2v) is 5.51. The number of para-hydroxylation sites is 1. The van der Waals surface area contributed by atoms with E-state index >= 15 is 0 Å². The maximum Gasteiger partial charge on any atom is 0.344 e. The van der Waals surface area contributed by atoms with Crippen LogP contribution in [0.5, 0.6) is 5.75 Å². The minimum Gasteiger partial charge on any atom is -0.481 e. The molecule has 140 valence electrons. The number of nitriles is 1. The number of methoxy groups -OCH3 is 1. The van der Waals surface area contributed by atoms with Crippen molar-refractivity contribution in [2.24, 2.45) is 5.92 Å². The predicted octanol–water partition coefficient (Wildman–Crippen LogP) is 1.18. The van der Waals surface area contributed by atoms with Gasteiger partial charge in [-0.25, -0.2) is 9.59 Å². The number of nitrogens with one attached hydrogen (secondary N) is 1. The Morgan fingerprint density at radius 1 is 1.23 bits per heavy atom. The van der Waals surface area contributed by atoms with Crippen molar-refractivity contribution in [3.05, 3.63) is 29.8 Å². The summed E-state index contributed by atoms with van der Waals surface area (Å²) in [6.07, 6.45) is 0.659. The van der Waals surface area contributed by atoms with Crippen LogP contribution < -0.4 is 10.1 Å². The molecule has 0 fully saturated rings. The van der Waals surface area contributed by atoms with E-state index in [9.17, 15) is 14.4 Å². The monoisotopic (exact) mass is 362 g/mol. The Morgan fingerprint density at radius 2 is 1.92 bits per heavy atom. The Labute approximate surface area is 152 Å². The highest BCUT2D eigenvalue weighted by atomic mass is 16.6. The molecule has 0 saturated carbocycles. The van der Waals surface area contributed by atoms with E-state index in [0.717, 1.165) is 0 Å². The van der Waals surface area contributed by atoms with Crippen molar-refractivity contribution >= 4 is 17.8 Å². The van der Waals surface area contributed by atoms with E-state index in [2.05, 4.69) is 10.1 Å². The summed E-state index contributed by atoms with van der Waals surface area (Å²) in [6.45, 7) is 2.68. The number of rotatable bonds is 9. The van der Waals surface area contributed by atoms with Gasteiger partial charge in [0.15, 0.2) is 13.2 Å². The van der Waals surface area contributed by atoms with Gasteiger partial charge in [-0.05, 0) is 18.1 Å². The molecule has 8 nitrogen and oxygen atoms in total. The maximum absolute atomic E-state index is 11.9. The van der Waals surface area contributed by atoms with E-state index in [1.165, 1.54) is 7.11 Å². The van der Waals surface area contributed by atoms with Gasteiger partial charge in [0, 0.05) is 0 Å². The average molecular weight is 362 g/mol. The Bertz CT molecular complexity index is 683. The number of amides is 1. The van der Waals surface area contributed by atoms with Crippen LogP contribution in [0.15, 0.2) is 24.3 Å². The lowest BCUT2D eigenvalue weighted by Gasteiger charge is -2.21. The third-order valence-electron chi connectivity index (χ3n) is 3.70. The highest BCUT2D eigenvalue weighted by molar-refractivity contribution is 5.86. The zero-order valence-electron chi connectivity index (χ0n) is 15.0. The molecular weight excluding hydrogens is 340 g/mol. The van der Waals surface area contributed by atoms with Crippen LogP contribution in [0.3, 0.4) is 0 Å².